The van der Waals surface area contributed by atoms with Crippen molar-refractivity contribution in [1.82, 2.24) is 9.97 Å². The van der Waals surface area contributed by atoms with Crippen molar-refractivity contribution in [3.05, 3.63) is 59.1 Å². The molecule has 0 aliphatic carbocycles. The summed E-state index contributed by atoms with van der Waals surface area (Å²) in [6, 6.07) is 7.50. The van der Waals surface area contributed by atoms with Crippen LogP contribution in [0.1, 0.15) is 18.1 Å². The molecule has 4 heteroatoms. The highest BCUT2D eigenvalue weighted by Crippen LogP contribution is 2.26. The molecule has 0 aliphatic heterocycles. The van der Waals surface area contributed by atoms with Gasteiger partial charge < -0.3 is 5.73 Å². The number of rotatable bonds is 2. The fourth-order valence-electron chi connectivity index (χ4n) is 1.55. The topological polar surface area (TPSA) is 51.8 Å². The van der Waals surface area contributed by atoms with E-state index in [1.807, 2.05) is 31.2 Å². The number of hydrogen-bond acceptors (Lipinski definition) is 3. The van der Waals surface area contributed by atoms with Gasteiger partial charge in [0.15, 0.2) is 0 Å². The third-order valence-corrected chi connectivity index (χ3v) is 2.82. The lowest BCUT2D eigenvalue weighted by Crippen LogP contribution is -2.34. The van der Waals surface area contributed by atoms with Crippen LogP contribution < -0.4 is 5.73 Å². The van der Waals surface area contributed by atoms with Crippen LogP contribution in [0.5, 0.6) is 0 Å². The first-order chi connectivity index (χ1) is 7.60. The Morgan fingerprint density at radius 2 is 1.88 bits per heavy atom. The van der Waals surface area contributed by atoms with Crippen molar-refractivity contribution in [3.63, 3.8) is 0 Å². The number of aromatic nitrogens is 2. The van der Waals surface area contributed by atoms with E-state index in [1.54, 1.807) is 12.4 Å². The Kier molecular flexibility index (Phi) is 2.90. The maximum absolute atomic E-state index is 6.29. The maximum Gasteiger partial charge on any atom is 0.115 e. The zero-order valence-corrected chi connectivity index (χ0v) is 9.65. The molecule has 1 aromatic carbocycles. The van der Waals surface area contributed by atoms with Crippen LogP contribution in [0.3, 0.4) is 0 Å². The Labute approximate surface area is 99.3 Å². The molecular weight excluding hydrogens is 222 g/mol. The van der Waals surface area contributed by atoms with Crippen LogP contribution in [0.2, 0.25) is 5.02 Å². The van der Waals surface area contributed by atoms with Gasteiger partial charge >= 0.3 is 0 Å². The second kappa shape index (κ2) is 4.20. The summed E-state index contributed by atoms with van der Waals surface area (Å²) in [5.41, 5.74) is 7.46. The van der Waals surface area contributed by atoms with E-state index >= 15 is 0 Å². The standard InChI is InChI=1S/C12H12ClN3/c1-12(14,10-6-15-8-16-7-10)9-3-2-4-11(13)5-9/h2-8H,14H2,1H3. The van der Waals surface area contributed by atoms with Gasteiger partial charge in [-0.05, 0) is 24.6 Å². The highest BCUT2D eigenvalue weighted by Gasteiger charge is 2.24. The van der Waals surface area contributed by atoms with Gasteiger partial charge in [0, 0.05) is 23.0 Å². The van der Waals surface area contributed by atoms with Gasteiger partial charge in [0.2, 0.25) is 0 Å². The van der Waals surface area contributed by atoms with E-state index in [1.165, 1.54) is 6.33 Å². The monoisotopic (exact) mass is 233 g/mol. The Balaban J connectivity index is 2.47. The lowest BCUT2D eigenvalue weighted by Gasteiger charge is -2.25. The number of halogens is 1. The van der Waals surface area contributed by atoms with Crippen molar-refractivity contribution in [2.24, 2.45) is 5.73 Å². The Hall–Kier alpha value is -1.45. The number of nitrogens with zero attached hydrogens (tertiary/aromatic N) is 2. The highest BCUT2D eigenvalue weighted by atomic mass is 35.5. The molecule has 16 heavy (non-hydrogen) atoms. The molecule has 0 aliphatic rings. The smallest absolute Gasteiger partial charge is 0.115 e. The summed E-state index contributed by atoms with van der Waals surface area (Å²) >= 11 is 5.95. The second-order valence-corrected chi connectivity index (χ2v) is 4.28. The van der Waals surface area contributed by atoms with Crippen LogP contribution in [0.25, 0.3) is 0 Å². The van der Waals surface area contributed by atoms with Crippen LogP contribution in [-0.4, -0.2) is 9.97 Å². The molecule has 2 aromatic rings. The molecule has 2 N–H and O–H groups in total. The van der Waals surface area contributed by atoms with Crippen molar-refractivity contribution in [3.8, 4) is 0 Å². The predicted octanol–water partition coefficient (Wildman–Crippen LogP) is 2.35. The minimum absolute atomic E-state index is 0.633. The first-order valence-electron chi connectivity index (χ1n) is 4.91. The van der Waals surface area contributed by atoms with E-state index in [2.05, 4.69) is 9.97 Å². The molecule has 1 heterocycles. The van der Waals surface area contributed by atoms with Gasteiger partial charge in [-0.2, -0.15) is 0 Å². The lowest BCUT2D eigenvalue weighted by molar-refractivity contribution is 0.596. The van der Waals surface area contributed by atoms with Gasteiger partial charge in [-0.25, -0.2) is 9.97 Å². The van der Waals surface area contributed by atoms with Crippen molar-refractivity contribution in [2.75, 3.05) is 0 Å². The van der Waals surface area contributed by atoms with E-state index in [4.69, 9.17) is 17.3 Å². The van der Waals surface area contributed by atoms with Crippen LogP contribution in [0.15, 0.2) is 43.0 Å². The minimum atomic E-state index is -0.633. The number of nitrogens with two attached hydrogens (primary N) is 1. The van der Waals surface area contributed by atoms with Crippen LogP contribution >= 0.6 is 11.6 Å². The van der Waals surface area contributed by atoms with Gasteiger partial charge in [-0.15, -0.1) is 0 Å². The van der Waals surface area contributed by atoms with E-state index in [0.29, 0.717) is 5.02 Å². The van der Waals surface area contributed by atoms with Gasteiger partial charge in [0.05, 0.1) is 5.54 Å². The average Bonchev–Trinajstić information content (AvgIpc) is 2.30. The summed E-state index contributed by atoms with van der Waals surface area (Å²) in [4.78, 5) is 7.95. The third-order valence-electron chi connectivity index (χ3n) is 2.58. The number of hydrogen-bond donors (Lipinski definition) is 1. The average molecular weight is 234 g/mol. The third kappa shape index (κ3) is 2.05. The molecule has 0 bridgehead atoms. The quantitative estimate of drug-likeness (QED) is 0.866. The summed E-state index contributed by atoms with van der Waals surface area (Å²) in [7, 11) is 0. The van der Waals surface area contributed by atoms with E-state index < -0.39 is 5.54 Å². The Bertz CT molecular complexity index is 483. The maximum atomic E-state index is 6.29. The molecule has 0 saturated heterocycles. The fraction of sp³-hybridized carbons (Fsp3) is 0.167. The summed E-state index contributed by atoms with van der Waals surface area (Å²) in [5, 5.41) is 0.672. The first kappa shape index (κ1) is 11.0. The number of benzene rings is 1. The summed E-state index contributed by atoms with van der Waals surface area (Å²) in [6.45, 7) is 1.91. The Morgan fingerprint density at radius 1 is 1.19 bits per heavy atom. The molecule has 0 radical (unpaired) electrons. The zero-order chi connectivity index (χ0) is 11.6. The zero-order valence-electron chi connectivity index (χ0n) is 8.89. The van der Waals surface area contributed by atoms with Crippen molar-refractivity contribution >= 4 is 11.6 Å². The lowest BCUT2D eigenvalue weighted by atomic mass is 9.87. The molecule has 1 unspecified atom stereocenters. The molecule has 3 nitrogen and oxygen atoms in total. The van der Waals surface area contributed by atoms with Crippen LogP contribution in [-0.2, 0) is 5.54 Å². The van der Waals surface area contributed by atoms with Crippen molar-refractivity contribution < 1.29 is 0 Å². The molecular formula is C12H12ClN3. The van der Waals surface area contributed by atoms with E-state index in [0.717, 1.165) is 11.1 Å². The van der Waals surface area contributed by atoms with Crippen molar-refractivity contribution in [2.45, 2.75) is 12.5 Å². The molecule has 82 valence electrons. The predicted molar refractivity (Wildman–Crippen MR) is 64.1 cm³/mol. The van der Waals surface area contributed by atoms with Gasteiger partial charge in [-0.3, -0.25) is 0 Å². The molecule has 2 rings (SSSR count). The molecule has 0 amide bonds. The van der Waals surface area contributed by atoms with Crippen molar-refractivity contribution in [1.29, 1.82) is 0 Å². The molecule has 1 aromatic heterocycles. The molecule has 0 spiro atoms. The van der Waals surface area contributed by atoms with E-state index in [-0.39, 0.29) is 0 Å². The van der Waals surface area contributed by atoms with Gasteiger partial charge in [0.25, 0.3) is 0 Å². The summed E-state index contributed by atoms with van der Waals surface area (Å²) in [5.74, 6) is 0. The second-order valence-electron chi connectivity index (χ2n) is 3.84. The summed E-state index contributed by atoms with van der Waals surface area (Å²) < 4.78 is 0. The fourth-order valence-corrected chi connectivity index (χ4v) is 1.74. The SMILES string of the molecule is CC(N)(c1cncnc1)c1cccc(Cl)c1. The van der Waals surface area contributed by atoms with Gasteiger partial charge in [-0.1, -0.05) is 23.7 Å². The highest BCUT2D eigenvalue weighted by molar-refractivity contribution is 6.30. The van der Waals surface area contributed by atoms with E-state index in [9.17, 15) is 0 Å². The van der Waals surface area contributed by atoms with Crippen LogP contribution in [0, 0.1) is 0 Å². The van der Waals surface area contributed by atoms with Gasteiger partial charge in [0.1, 0.15) is 6.33 Å². The molecule has 0 saturated carbocycles. The van der Waals surface area contributed by atoms with Crippen LogP contribution in [0.4, 0.5) is 0 Å². The minimum Gasteiger partial charge on any atom is -0.318 e. The largest absolute Gasteiger partial charge is 0.318 e. The molecule has 1 atom stereocenters. The summed E-state index contributed by atoms with van der Waals surface area (Å²) in [6.07, 6.45) is 4.92. The molecule has 0 fully saturated rings. The normalized spacial score (nSPS) is 14.4. The first-order valence-corrected chi connectivity index (χ1v) is 5.29. The Morgan fingerprint density at radius 3 is 2.50 bits per heavy atom.